The lowest BCUT2D eigenvalue weighted by molar-refractivity contribution is -0.0255. The third-order valence-electron chi connectivity index (χ3n) is 4.91. The number of aromatic nitrogens is 3. The van der Waals surface area contributed by atoms with Gasteiger partial charge in [0.1, 0.15) is 6.33 Å². The summed E-state index contributed by atoms with van der Waals surface area (Å²) in [5.74, 6) is 0.768. The average molecular weight is 359 g/mol. The maximum absolute atomic E-state index is 12.5. The molecular weight excluding hydrogens is 334 g/mol. The van der Waals surface area contributed by atoms with Crippen molar-refractivity contribution in [1.29, 1.82) is 0 Å². The summed E-state index contributed by atoms with van der Waals surface area (Å²) >= 11 is 0. The zero-order chi connectivity index (χ0) is 18.6. The number of urea groups is 1. The predicted octanol–water partition coefficient (Wildman–Crippen LogP) is 1.73. The van der Waals surface area contributed by atoms with E-state index in [0.717, 1.165) is 24.2 Å². The second-order valence-electron chi connectivity index (χ2n) is 6.90. The minimum Gasteiger partial charge on any atom is -0.396 e. The number of benzene rings is 1. The number of aryl methyl sites for hydroxylation is 1. The lowest BCUT2D eigenvalue weighted by atomic mass is 9.80. The number of aliphatic hydroxyl groups is 1. The molecular formula is C18H25N5O3. The van der Waals surface area contributed by atoms with Gasteiger partial charge < -0.3 is 24.6 Å². The van der Waals surface area contributed by atoms with E-state index >= 15 is 0 Å². The van der Waals surface area contributed by atoms with Crippen molar-refractivity contribution in [2.24, 2.45) is 12.5 Å². The largest absolute Gasteiger partial charge is 0.396 e. The van der Waals surface area contributed by atoms with Gasteiger partial charge in [-0.3, -0.25) is 0 Å². The van der Waals surface area contributed by atoms with Crippen LogP contribution >= 0.6 is 0 Å². The Morgan fingerprint density at radius 1 is 1.35 bits per heavy atom. The van der Waals surface area contributed by atoms with Crippen molar-refractivity contribution < 1.29 is 14.6 Å². The maximum atomic E-state index is 12.5. The van der Waals surface area contributed by atoms with E-state index < -0.39 is 0 Å². The van der Waals surface area contributed by atoms with Crippen LogP contribution in [0, 0.1) is 5.41 Å². The van der Waals surface area contributed by atoms with Crippen LogP contribution in [0.1, 0.15) is 12.8 Å². The number of nitrogens with zero attached hydrogens (tertiary/aromatic N) is 4. The molecule has 0 atom stereocenters. The molecule has 1 aromatic carbocycles. The van der Waals surface area contributed by atoms with Crippen molar-refractivity contribution in [2.45, 2.75) is 12.8 Å². The Balaban J connectivity index is 1.61. The number of ether oxygens (including phenoxy) is 1. The van der Waals surface area contributed by atoms with Gasteiger partial charge in [0.25, 0.3) is 0 Å². The lowest BCUT2D eigenvalue weighted by Gasteiger charge is -2.38. The fourth-order valence-corrected chi connectivity index (χ4v) is 3.21. The molecule has 140 valence electrons. The summed E-state index contributed by atoms with van der Waals surface area (Å²) in [5.41, 5.74) is 1.36. The van der Waals surface area contributed by atoms with Crippen molar-refractivity contribution >= 4 is 11.7 Å². The van der Waals surface area contributed by atoms with Gasteiger partial charge >= 0.3 is 6.03 Å². The molecule has 0 radical (unpaired) electrons. The molecule has 1 aliphatic heterocycles. The Morgan fingerprint density at radius 3 is 2.62 bits per heavy atom. The van der Waals surface area contributed by atoms with E-state index in [2.05, 4.69) is 15.5 Å². The summed E-state index contributed by atoms with van der Waals surface area (Å²) in [7, 11) is 3.63. The van der Waals surface area contributed by atoms with Gasteiger partial charge in [0.15, 0.2) is 5.82 Å². The van der Waals surface area contributed by atoms with Gasteiger partial charge in [0.2, 0.25) is 0 Å². The SMILES string of the molecule is CN(CC1(CO)CCOCC1)C(=O)Nc1ccc(-c2nncn2C)cc1. The zero-order valence-corrected chi connectivity index (χ0v) is 15.2. The van der Waals surface area contributed by atoms with E-state index in [0.29, 0.717) is 25.4 Å². The van der Waals surface area contributed by atoms with Crippen molar-refractivity contribution in [1.82, 2.24) is 19.7 Å². The Kier molecular flexibility index (Phi) is 5.53. The highest BCUT2D eigenvalue weighted by atomic mass is 16.5. The number of aliphatic hydroxyl groups excluding tert-OH is 1. The number of carbonyl (C=O) groups excluding carboxylic acids is 1. The van der Waals surface area contributed by atoms with Gasteiger partial charge in [0, 0.05) is 50.5 Å². The van der Waals surface area contributed by atoms with E-state index in [1.165, 1.54) is 0 Å². The summed E-state index contributed by atoms with van der Waals surface area (Å²) in [5, 5.41) is 20.6. The van der Waals surface area contributed by atoms with Gasteiger partial charge in [-0.15, -0.1) is 10.2 Å². The van der Waals surface area contributed by atoms with Crippen molar-refractivity contribution in [2.75, 3.05) is 38.7 Å². The molecule has 3 rings (SSSR count). The monoisotopic (exact) mass is 359 g/mol. The summed E-state index contributed by atoms with van der Waals surface area (Å²) in [6.07, 6.45) is 3.16. The second-order valence-corrected chi connectivity index (χ2v) is 6.90. The van der Waals surface area contributed by atoms with Crippen LogP contribution in [-0.2, 0) is 11.8 Å². The number of carbonyl (C=O) groups is 1. The summed E-state index contributed by atoms with van der Waals surface area (Å²) in [6, 6.07) is 7.27. The maximum Gasteiger partial charge on any atom is 0.321 e. The molecule has 2 amide bonds. The normalized spacial score (nSPS) is 16.3. The fraction of sp³-hybridized carbons (Fsp3) is 0.500. The third kappa shape index (κ3) is 4.03. The zero-order valence-electron chi connectivity index (χ0n) is 15.2. The standard InChI is InChI=1S/C18H25N5O3/c1-22(11-18(12-24)7-9-26-10-8-18)17(25)20-15-5-3-14(4-6-15)16-21-19-13-23(16)2/h3-6,13,24H,7-12H2,1-2H3,(H,20,25). The van der Waals surface area contributed by atoms with E-state index in [9.17, 15) is 9.90 Å². The van der Waals surface area contributed by atoms with E-state index in [-0.39, 0.29) is 18.1 Å². The van der Waals surface area contributed by atoms with Crippen LogP contribution in [0.3, 0.4) is 0 Å². The van der Waals surface area contributed by atoms with Gasteiger partial charge in [-0.1, -0.05) is 0 Å². The molecule has 8 heteroatoms. The second kappa shape index (κ2) is 7.84. The summed E-state index contributed by atoms with van der Waals surface area (Å²) in [6.45, 7) is 1.80. The Bertz CT molecular complexity index is 738. The van der Waals surface area contributed by atoms with Crippen LogP contribution in [0.4, 0.5) is 10.5 Å². The summed E-state index contributed by atoms with van der Waals surface area (Å²) < 4.78 is 7.21. The smallest absolute Gasteiger partial charge is 0.321 e. The molecule has 0 bridgehead atoms. The number of amides is 2. The van der Waals surface area contributed by atoms with Gasteiger partial charge in [-0.25, -0.2) is 4.79 Å². The first-order valence-electron chi connectivity index (χ1n) is 8.68. The van der Waals surface area contributed by atoms with Crippen LogP contribution in [0.15, 0.2) is 30.6 Å². The molecule has 1 aliphatic rings. The molecule has 1 aromatic heterocycles. The molecule has 8 nitrogen and oxygen atoms in total. The molecule has 2 N–H and O–H groups in total. The Morgan fingerprint density at radius 2 is 2.04 bits per heavy atom. The van der Waals surface area contributed by atoms with Gasteiger partial charge in [-0.2, -0.15) is 0 Å². The highest BCUT2D eigenvalue weighted by Gasteiger charge is 2.34. The van der Waals surface area contributed by atoms with E-state index in [4.69, 9.17) is 4.74 Å². The highest BCUT2D eigenvalue weighted by molar-refractivity contribution is 5.89. The molecule has 0 spiro atoms. The Hall–Kier alpha value is -2.45. The van der Waals surface area contributed by atoms with Crippen LogP contribution in [-0.4, -0.2) is 64.2 Å². The van der Waals surface area contributed by atoms with Gasteiger partial charge in [-0.05, 0) is 37.1 Å². The molecule has 1 saturated heterocycles. The molecule has 2 heterocycles. The third-order valence-corrected chi connectivity index (χ3v) is 4.91. The number of rotatable bonds is 5. The first-order chi connectivity index (χ1) is 12.5. The minimum absolute atomic E-state index is 0.0559. The molecule has 0 aliphatic carbocycles. The van der Waals surface area contributed by atoms with Gasteiger partial charge in [0.05, 0.1) is 6.61 Å². The molecule has 2 aromatic rings. The first kappa shape index (κ1) is 18.3. The molecule has 0 saturated carbocycles. The minimum atomic E-state index is -0.278. The molecule has 1 fully saturated rings. The molecule has 0 unspecified atom stereocenters. The summed E-state index contributed by atoms with van der Waals surface area (Å²) in [4.78, 5) is 14.1. The van der Waals surface area contributed by atoms with Crippen molar-refractivity contribution in [3.05, 3.63) is 30.6 Å². The number of nitrogens with one attached hydrogen (secondary N) is 1. The lowest BCUT2D eigenvalue weighted by Crippen LogP contribution is -2.45. The van der Waals surface area contributed by atoms with E-state index in [1.54, 1.807) is 18.3 Å². The van der Waals surface area contributed by atoms with Crippen LogP contribution in [0.2, 0.25) is 0 Å². The van der Waals surface area contributed by atoms with Crippen molar-refractivity contribution in [3.8, 4) is 11.4 Å². The fourth-order valence-electron chi connectivity index (χ4n) is 3.21. The number of anilines is 1. The highest BCUT2D eigenvalue weighted by Crippen LogP contribution is 2.30. The first-order valence-corrected chi connectivity index (χ1v) is 8.68. The number of hydrogen-bond acceptors (Lipinski definition) is 5. The van der Waals surface area contributed by atoms with Crippen molar-refractivity contribution in [3.63, 3.8) is 0 Å². The average Bonchev–Trinajstić information content (AvgIpc) is 3.09. The van der Waals surface area contributed by atoms with Crippen LogP contribution in [0.25, 0.3) is 11.4 Å². The van der Waals surface area contributed by atoms with Crippen LogP contribution < -0.4 is 5.32 Å². The molecule has 26 heavy (non-hydrogen) atoms. The predicted molar refractivity (Wildman–Crippen MR) is 97.7 cm³/mol. The topological polar surface area (TPSA) is 92.5 Å². The van der Waals surface area contributed by atoms with Crippen LogP contribution in [0.5, 0.6) is 0 Å². The van der Waals surface area contributed by atoms with E-state index in [1.807, 2.05) is 35.9 Å². The number of hydrogen-bond donors (Lipinski definition) is 2. The quantitative estimate of drug-likeness (QED) is 0.848. The Labute approximate surface area is 152 Å².